The number of aryl methyl sites for hydroxylation is 1. The number of halogens is 5. The molecule has 3 atom stereocenters. The number of carbonyl (C=O) groups is 1. The van der Waals surface area contributed by atoms with E-state index in [1.165, 1.54) is 30.5 Å². The van der Waals surface area contributed by atoms with Crippen LogP contribution < -0.4 is 20.1 Å². The molecule has 0 bridgehead atoms. The van der Waals surface area contributed by atoms with E-state index in [1.807, 2.05) is 6.07 Å². The lowest BCUT2D eigenvalue weighted by molar-refractivity contribution is -0.138. The van der Waals surface area contributed by atoms with E-state index in [1.54, 1.807) is 0 Å². The number of ether oxygens (including phenoxy) is 2. The monoisotopic (exact) mass is 499 g/mol. The van der Waals surface area contributed by atoms with Crippen molar-refractivity contribution in [2.75, 3.05) is 5.32 Å². The van der Waals surface area contributed by atoms with Crippen LogP contribution in [0.25, 0.3) is 0 Å². The van der Waals surface area contributed by atoms with Crippen LogP contribution in [0.1, 0.15) is 43.4 Å². The summed E-state index contributed by atoms with van der Waals surface area (Å²) in [7, 11) is 0. The summed E-state index contributed by atoms with van der Waals surface area (Å²) in [5.41, 5.74) is 1.12. The van der Waals surface area contributed by atoms with E-state index >= 15 is 0 Å². The molecule has 0 radical (unpaired) electrons. The predicted molar refractivity (Wildman–Crippen MR) is 113 cm³/mol. The number of anilines is 1. The van der Waals surface area contributed by atoms with Gasteiger partial charge in [-0.1, -0.05) is 12.1 Å². The first kappa shape index (κ1) is 25.9. The quantitative estimate of drug-likeness (QED) is 0.496. The van der Waals surface area contributed by atoms with Crippen molar-refractivity contribution in [2.24, 2.45) is 0 Å². The zero-order valence-electron chi connectivity index (χ0n) is 18.5. The average molecular weight is 499 g/mol. The summed E-state index contributed by atoms with van der Waals surface area (Å²) in [5.74, 6) is -0.841. The third kappa shape index (κ3) is 7.14. The summed E-state index contributed by atoms with van der Waals surface area (Å²) in [6, 6.07) is 5.16. The number of nitrogens with zero attached hydrogens (tertiary/aromatic N) is 3. The molecule has 2 N–H and O–H groups in total. The Kier molecular flexibility index (Phi) is 8.26. The van der Waals surface area contributed by atoms with Gasteiger partial charge in [-0.05, 0) is 43.9 Å². The normalized spacial score (nSPS) is 16.9. The molecule has 0 saturated heterocycles. The van der Waals surface area contributed by atoms with Crippen molar-refractivity contribution in [3.63, 3.8) is 0 Å². The molecule has 8 nitrogen and oxygen atoms in total. The zero-order valence-corrected chi connectivity index (χ0v) is 18.5. The topological polar surface area (TPSA) is 109 Å². The van der Waals surface area contributed by atoms with Crippen LogP contribution in [0.2, 0.25) is 0 Å². The molecule has 2 heterocycles. The maximum atomic E-state index is 12.9. The second kappa shape index (κ2) is 11.2. The molecule has 1 aliphatic heterocycles. The minimum Gasteiger partial charge on any atom is -0.464 e. The van der Waals surface area contributed by atoms with Gasteiger partial charge in [0.05, 0.1) is 12.1 Å². The number of nitrogens with one attached hydrogen (secondary N) is 2. The van der Waals surface area contributed by atoms with Gasteiger partial charge >= 0.3 is 12.8 Å². The van der Waals surface area contributed by atoms with Crippen molar-refractivity contribution in [3.05, 3.63) is 41.6 Å². The fourth-order valence-electron chi connectivity index (χ4n) is 3.35. The number of carbonyl (C=O) groups excluding carboxylic acids is 1. The van der Waals surface area contributed by atoms with Gasteiger partial charge in [0.1, 0.15) is 11.8 Å². The highest BCUT2D eigenvalue weighted by Crippen LogP contribution is 2.29. The van der Waals surface area contributed by atoms with Crippen LogP contribution in [0.3, 0.4) is 0 Å². The van der Waals surface area contributed by atoms with Crippen LogP contribution in [-0.2, 0) is 11.2 Å². The highest BCUT2D eigenvalue weighted by molar-refractivity contribution is 5.82. The Morgan fingerprint density at radius 1 is 1.31 bits per heavy atom. The number of aromatic nitrogens is 2. The Labute approximate surface area is 197 Å². The van der Waals surface area contributed by atoms with E-state index in [2.05, 4.69) is 25.3 Å². The number of benzene rings is 1. The van der Waals surface area contributed by atoms with Gasteiger partial charge in [-0.15, -0.1) is 0 Å². The molecule has 188 valence electrons. The molecule has 13 heteroatoms. The van der Waals surface area contributed by atoms with Gasteiger partial charge in [0.15, 0.2) is 6.10 Å². The lowest BCUT2D eigenvalue weighted by atomic mass is 10.0. The van der Waals surface area contributed by atoms with Gasteiger partial charge in [0, 0.05) is 18.2 Å². The molecule has 35 heavy (non-hydrogen) atoms. The zero-order chi connectivity index (χ0) is 25.6. The average Bonchev–Trinajstić information content (AvgIpc) is 2.80. The summed E-state index contributed by atoms with van der Waals surface area (Å²) >= 11 is 0. The van der Waals surface area contributed by atoms with Gasteiger partial charge in [0.2, 0.25) is 11.8 Å². The van der Waals surface area contributed by atoms with Crippen molar-refractivity contribution in [1.82, 2.24) is 15.3 Å². The van der Waals surface area contributed by atoms with Gasteiger partial charge in [-0.3, -0.25) is 4.79 Å². The molecule has 2 aromatic rings. The second-order valence-electron chi connectivity index (χ2n) is 7.78. The Morgan fingerprint density at radius 2 is 2.03 bits per heavy atom. The first-order valence-electron chi connectivity index (χ1n) is 10.6. The fourth-order valence-corrected chi connectivity index (χ4v) is 3.35. The van der Waals surface area contributed by atoms with Crippen LogP contribution in [0.15, 0.2) is 30.5 Å². The van der Waals surface area contributed by atoms with Crippen molar-refractivity contribution in [3.8, 4) is 17.7 Å². The molecule has 0 fully saturated rings. The summed E-state index contributed by atoms with van der Waals surface area (Å²) in [6.07, 6.45) is -3.10. The molecule has 1 aliphatic rings. The third-order valence-electron chi connectivity index (χ3n) is 5.25. The summed E-state index contributed by atoms with van der Waals surface area (Å²) in [5, 5.41) is 13.9. The lowest BCUT2D eigenvalue weighted by Gasteiger charge is -2.27. The first-order chi connectivity index (χ1) is 16.6. The number of nitriles is 1. The molecule has 0 aliphatic carbocycles. The minimum atomic E-state index is -4.50. The smallest absolute Gasteiger partial charge is 0.408 e. The van der Waals surface area contributed by atoms with Crippen molar-refractivity contribution >= 4 is 11.9 Å². The maximum Gasteiger partial charge on any atom is 0.408 e. The first-order valence-corrected chi connectivity index (χ1v) is 10.6. The van der Waals surface area contributed by atoms with Gasteiger partial charge in [-0.25, -0.2) is 4.98 Å². The van der Waals surface area contributed by atoms with E-state index in [-0.39, 0.29) is 36.8 Å². The molecular weight excluding hydrogens is 477 g/mol. The molecule has 0 saturated carbocycles. The number of amides is 1. The fraction of sp³-hybridized carbons (Fsp3) is 0.455. The van der Waals surface area contributed by atoms with Crippen LogP contribution in [0, 0.1) is 11.3 Å². The van der Waals surface area contributed by atoms with Crippen molar-refractivity contribution in [2.45, 2.75) is 63.6 Å². The number of rotatable bonds is 9. The Bertz CT molecular complexity index is 1060. The van der Waals surface area contributed by atoms with E-state index in [4.69, 9.17) is 10.00 Å². The van der Waals surface area contributed by atoms with Gasteiger partial charge < -0.3 is 20.1 Å². The van der Waals surface area contributed by atoms with Gasteiger partial charge in [0.25, 0.3) is 5.91 Å². The molecule has 3 rings (SSSR count). The van der Waals surface area contributed by atoms with E-state index in [0.29, 0.717) is 17.5 Å². The number of hydrogen-bond donors (Lipinski definition) is 2. The molecule has 0 unspecified atom stereocenters. The van der Waals surface area contributed by atoms with Crippen LogP contribution >= 0.6 is 0 Å². The summed E-state index contributed by atoms with van der Waals surface area (Å²) in [4.78, 5) is 20.8. The van der Waals surface area contributed by atoms with E-state index in [9.17, 15) is 26.7 Å². The second-order valence-corrected chi connectivity index (χ2v) is 7.78. The Morgan fingerprint density at radius 3 is 2.66 bits per heavy atom. The predicted octanol–water partition coefficient (Wildman–Crippen LogP) is 4.30. The minimum absolute atomic E-state index is 0.00495. The summed E-state index contributed by atoms with van der Waals surface area (Å²) < 4.78 is 73.1. The molecule has 0 spiro atoms. The third-order valence-corrected chi connectivity index (χ3v) is 5.25. The van der Waals surface area contributed by atoms with Crippen molar-refractivity contribution < 1.29 is 36.2 Å². The van der Waals surface area contributed by atoms with Crippen molar-refractivity contribution in [1.29, 1.82) is 5.26 Å². The Hall–Kier alpha value is -3.69. The number of hydrogen-bond acceptors (Lipinski definition) is 7. The highest BCUT2D eigenvalue weighted by Gasteiger charge is 2.37. The molecular formula is C22H22F5N5O3. The lowest BCUT2D eigenvalue weighted by Crippen LogP contribution is -2.42. The van der Waals surface area contributed by atoms with Gasteiger partial charge in [-0.2, -0.15) is 32.2 Å². The number of alkyl halides is 5. The van der Waals surface area contributed by atoms with Crippen LogP contribution in [0.5, 0.6) is 11.6 Å². The maximum absolute atomic E-state index is 12.9. The van der Waals surface area contributed by atoms with E-state index in [0.717, 1.165) is 6.92 Å². The Balaban J connectivity index is 1.69. The summed E-state index contributed by atoms with van der Waals surface area (Å²) in [6.45, 7) is -2.05. The number of fused-ring (bicyclic) bond motifs is 1. The molecule has 1 aromatic heterocycles. The molecule has 1 amide bonds. The van der Waals surface area contributed by atoms with Crippen LogP contribution in [0.4, 0.5) is 27.9 Å². The van der Waals surface area contributed by atoms with Crippen LogP contribution in [-0.4, -0.2) is 40.8 Å². The largest absolute Gasteiger partial charge is 0.464 e. The standard InChI is InChI=1S/C22H22F5N5O3/c1-12(22(25,26)27)30-21-29-11-14-6-9-17(35-19(14)32-21)18(33)31-16(3-2-10-28)13-4-7-15(8-5-13)34-20(23)24/h4-5,7-8,11-12,16-17,20H,2-3,6,9H2,1H3,(H,31,33)(H,29,30,32)/t12-,16+,17+/m0/s1. The van der Waals surface area contributed by atoms with E-state index < -0.39 is 36.9 Å². The molecule has 1 aromatic carbocycles. The SMILES string of the molecule is C[C@H](Nc1ncc2c(n1)O[C@@H](C(=O)N[C@H](CCC#N)c1ccc(OC(F)F)cc1)CC2)C(F)(F)F. The highest BCUT2D eigenvalue weighted by atomic mass is 19.4.